The maximum Gasteiger partial charge on any atom is 0.126 e. The predicted molar refractivity (Wildman–Crippen MR) is 54.8 cm³/mol. The Labute approximate surface area is 86.3 Å². The van der Waals surface area contributed by atoms with Crippen LogP contribution in [0.1, 0.15) is 12.8 Å². The first-order chi connectivity index (χ1) is 6.18. The lowest BCUT2D eigenvalue weighted by Crippen LogP contribution is -1.86. The van der Waals surface area contributed by atoms with Crippen LogP contribution < -0.4 is 0 Å². The molecule has 0 N–H and O–H groups in total. The fraction of sp³-hybridized carbons (Fsp3) is 0.222. The van der Waals surface area contributed by atoms with E-state index in [1.165, 1.54) is 12.2 Å². The highest BCUT2D eigenvalue weighted by Gasteiger charge is 1.97. The van der Waals surface area contributed by atoms with Gasteiger partial charge in [-0.2, -0.15) is 0 Å². The van der Waals surface area contributed by atoms with Gasteiger partial charge in [0, 0.05) is 6.42 Å². The van der Waals surface area contributed by atoms with E-state index in [9.17, 15) is 4.39 Å². The summed E-state index contributed by atoms with van der Waals surface area (Å²) >= 11 is 11.4. The Bertz CT molecular complexity index is 303. The van der Waals surface area contributed by atoms with Crippen molar-refractivity contribution in [3.05, 3.63) is 35.3 Å². The highest BCUT2D eigenvalue weighted by Crippen LogP contribution is 2.12. The summed E-state index contributed by atoms with van der Waals surface area (Å²) in [6.07, 6.45) is 6.89. The molecule has 0 saturated carbocycles. The van der Waals surface area contributed by atoms with Crippen LogP contribution in [0.25, 0.3) is 0 Å². The Morgan fingerprint density at radius 3 is 2.85 bits per heavy atom. The molecule has 0 fully saturated rings. The lowest BCUT2D eigenvalue weighted by atomic mass is 10.3. The van der Waals surface area contributed by atoms with Crippen molar-refractivity contribution in [2.24, 2.45) is 4.99 Å². The third kappa shape index (κ3) is 4.25. The summed E-state index contributed by atoms with van der Waals surface area (Å²) in [5.74, 6) is -0.306. The Kier molecular flexibility index (Phi) is 4.19. The van der Waals surface area contributed by atoms with Gasteiger partial charge in [0.2, 0.25) is 0 Å². The maximum atomic E-state index is 12.8. The van der Waals surface area contributed by atoms with Crippen molar-refractivity contribution in [2.45, 2.75) is 12.8 Å². The maximum absolute atomic E-state index is 12.8. The van der Waals surface area contributed by atoms with E-state index in [0.717, 1.165) is 0 Å². The highest BCUT2D eigenvalue weighted by atomic mass is 35.5. The van der Waals surface area contributed by atoms with Gasteiger partial charge in [0.1, 0.15) is 16.2 Å². The highest BCUT2D eigenvalue weighted by molar-refractivity contribution is 6.66. The summed E-state index contributed by atoms with van der Waals surface area (Å²) in [5, 5.41) is 0.622. The van der Waals surface area contributed by atoms with Gasteiger partial charge < -0.3 is 0 Å². The standard InChI is InChI=1S/C9H8Cl2FN/c10-8-4-2-1-3-7(12)5-6-9(11)13-8/h1,3-5H,2,6H2/b3-1?,7-5?,8-4-,13-9?. The quantitative estimate of drug-likeness (QED) is 0.549. The van der Waals surface area contributed by atoms with Crippen molar-refractivity contribution in [3.63, 3.8) is 0 Å². The van der Waals surface area contributed by atoms with E-state index in [1.54, 1.807) is 12.2 Å². The van der Waals surface area contributed by atoms with Gasteiger partial charge in [-0.25, -0.2) is 9.38 Å². The van der Waals surface area contributed by atoms with E-state index in [-0.39, 0.29) is 17.4 Å². The molecule has 1 rings (SSSR count). The van der Waals surface area contributed by atoms with E-state index in [1.807, 2.05) is 0 Å². The molecule has 0 bridgehead atoms. The average molecular weight is 220 g/mol. The monoisotopic (exact) mass is 219 g/mol. The number of allylic oxidation sites excluding steroid dienone is 5. The molecule has 0 aromatic heterocycles. The summed E-state index contributed by atoms with van der Waals surface area (Å²) in [4.78, 5) is 3.84. The van der Waals surface area contributed by atoms with Crippen LogP contribution in [0.5, 0.6) is 0 Å². The van der Waals surface area contributed by atoms with Gasteiger partial charge in [0.05, 0.1) is 0 Å². The minimum atomic E-state index is -0.306. The van der Waals surface area contributed by atoms with Gasteiger partial charge in [-0.1, -0.05) is 29.3 Å². The van der Waals surface area contributed by atoms with Crippen LogP contribution in [-0.4, -0.2) is 5.17 Å². The minimum Gasteiger partial charge on any atom is -0.229 e. The molecule has 0 radical (unpaired) electrons. The van der Waals surface area contributed by atoms with Crippen LogP contribution in [0.4, 0.5) is 4.39 Å². The lowest BCUT2D eigenvalue weighted by molar-refractivity contribution is 0.663. The Hall–Kier alpha value is -0.600. The summed E-state index contributed by atoms with van der Waals surface area (Å²) in [6, 6.07) is 0. The number of hydrogen-bond acceptors (Lipinski definition) is 1. The summed E-state index contributed by atoms with van der Waals surface area (Å²) in [7, 11) is 0. The normalized spacial score (nSPS) is 22.8. The summed E-state index contributed by atoms with van der Waals surface area (Å²) in [6.45, 7) is 0. The van der Waals surface area contributed by atoms with Gasteiger partial charge in [-0.3, -0.25) is 0 Å². The van der Waals surface area contributed by atoms with E-state index in [2.05, 4.69) is 4.99 Å². The third-order valence-corrected chi connectivity index (χ3v) is 1.87. The molecule has 0 saturated heterocycles. The zero-order chi connectivity index (χ0) is 9.68. The van der Waals surface area contributed by atoms with E-state index in [4.69, 9.17) is 23.2 Å². The van der Waals surface area contributed by atoms with Crippen molar-refractivity contribution in [3.8, 4) is 0 Å². The largest absolute Gasteiger partial charge is 0.229 e. The van der Waals surface area contributed by atoms with Crippen LogP contribution in [0.3, 0.4) is 0 Å². The Morgan fingerprint density at radius 1 is 1.31 bits per heavy atom. The lowest BCUT2D eigenvalue weighted by Gasteiger charge is -1.95. The number of aliphatic imine (C=N–C) groups is 1. The average Bonchev–Trinajstić information content (AvgIpc) is 2.08. The molecule has 1 nitrogen and oxygen atoms in total. The molecule has 70 valence electrons. The first kappa shape index (κ1) is 10.5. The smallest absolute Gasteiger partial charge is 0.126 e. The van der Waals surface area contributed by atoms with Crippen LogP contribution in [-0.2, 0) is 0 Å². The molecule has 0 amide bonds. The van der Waals surface area contributed by atoms with Crippen molar-refractivity contribution in [1.29, 1.82) is 0 Å². The second-order valence-corrected chi connectivity index (χ2v) is 3.27. The van der Waals surface area contributed by atoms with Gasteiger partial charge in [-0.05, 0) is 24.6 Å². The molecule has 1 aliphatic rings. The molecule has 4 heteroatoms. The molecule has 0 atom stereocenters. The van der Waals surface area contributed by atoms with Crippen LogP contribution in [0.15, 0.2) is 40.3 Å². The second-order valence-electron chi connectivity index (χ2n) is 2.45. The van der Waals surface area contributed by atoms with Gasteiger partial charge >= 0.3 is 0 Å². The SMILES string of the molecule is FC1=CCC(Cl)=N/C(Cl)=C\CC=C1. The van der Waals surface area contributed by atoms with Crippen LogP contribution >= 0.6 is 23.2 Å². The molecule has 0 aromatic carbocycles. The fourth-order valence-electron chi connectivity index (χ4n) is 0.803. The predicted octanol–water partition coefficient (Wildman–Crippen LogP) is 3.91. The Balaban J connectivity index is 2.83. The molecule has 0 aromatic rings. The molecule has 0 unspecified atom stereocenters. The fourth-order valence-corrected chi connectivity index (χ4v) is 1.21. The first-order valence-corrected chi connectivity index (χ1v) is 4.55. The third-order valence-electron chi connectivity index (χ3n) is 1.39. The second kappa shape index (κ2) is 5.20. The minimum absolute atomic E-state index is 0.266. The first-order valence-electron chi connectivity index (χ1n) is 3.79. The van der Waals surface area contributed by atoms with Gasteiger partial charge in [0.25, 0.3) is 0 Å². The van der Waals surface area contributed by atoms with E-state index >= 15 is 0 Å². The molecule has 1 heterocycles. The topological polar surface area (TPSA) is 12.4 Å². The number of rotatable bonds is 0. The molecular weight excluding hydrogens is 212 g/mol. The molecule has 13 heavy (non-hydrogen) atoms. The zero-order valence-electron chi connectivity index (χ0n) is 6.80. The summed E-state index contributed by atoms with van der Waals surface area (Å²) in [5.41, 5.74) is 0. The van der Waals surface area contributed by atoms with Crippen LogP contribution in [0.2, 0.25) is 0 Å². The van der Waals surface area contributed by atoms with Crippen molar-refractivity contribution in [2.75, 3.05) is 0 Å². The van der Waals surface area contributed by atoms with Crippen molar-refractivity contribution < 1.29 is 4.39 Å². The van der Waals surface area contributed by atoms with Gasteiger partial charge in [-0.15, -0.1) is 0 Å². The van der Waals surface area contributed by atoms with Crippen LogP contribution in [0, 0.1) is 0 Å². The zero-order valence-corrected chi connectivity index (χ0v) is 8.32. The molecule has 0 spiro atoms. The Morgan fingerprint density at radius 2 is 2.08 bits per heavy atom. The van der Waals surface area contributed by atoms with E-state index in [0.29, 0.717) is 11.6 Å². The molecule has 0 aliphatic carbocycles. The van der Waals surface area contributed by atoms with Crippen molar-refractivity contribution in [1.82, 2.24) is 0 Å². The molecular formula is C9H8Cl2FN. The van der Waals surface area contributed by atoms with Gasteiger partial charge in [0.15, 0.2) is 0 Å². The number of halogens is 3. The number of nitrogens with zero attached hydrogens (tertiary/aromatic N) is 1. The van der Waals surface area contributed by atoms with E-state index < -0.39 is 0 Å². The number of hydrogen-bond donors (Lipinski definition) is 0. The summed E-state index contributed by atoms with van der Waals surface area (Å²) < 4.78 is 12.8. The van der Waals surface area contributed by atoms with Crippen molar-refractivity contribution >= 4 is 28.4 Å². The molecule has 1 aliphatic heterocycles.